The summed E-state index contributed by atoms with van der Waals surface area (Å²) in [6.07, 6.45) is 3.60. The van der Waals surface area contributed by atoms with Gasteiger partial charge in [0.15, 0.2) is 0 Å². The largest absolute Gasteiger partial charge is 0.481 e. The number of carboxylic acid groups (broad SMARTS) is 1. The Bertz CT molecular complexity index is 197. The van der Waals surface area contributed by atoms with E-state index in [0.717, 1.165) is 25.4 Å². The SMILES string of the molecule is CN1CCCC(CNCCCC(=O)O)C1. The van der Waals surface area contributed by atoms with Gasteiger partial charge in [-0.05, 0) is 51.9 Å². The molecule has 0 radical (unpaired) electrons. The van der Waals surface area contributed by atoms with Crippen LogP contribution < -0.4 is 5.32 Å². The molecular weight excluding hydrogens is 192 g/mol. The molecule has 0 aromatic heterocycles. The maximum Gasteiger partial charge on any atom is 0.303 e. The van der Waals surface area contributed by atoms with Gasteiger partial charge in [0.25, 0.3) is 0 Å². The first kappa shape index (κ1) is 12.5. The van der Waals surface area contributed by atoms with Gasteiger partial charge in [-0.15, -0.1) is 0 Å². The number of nitrogens with one attached hydrogen (secondary N) is 1. The van der Waals surface area contributed by atoms with Gasteiger partial charge in [-0.1, -0.05) is 0 Å². The number of piperidine rings is 1. The first-order valence-electron chi connectivity index (χ1n) is 5.79. The van der Waals surface area contributed by atoms with Crippen molar-refractivity contribution >= 4 is 5.97 Å². The third-order valence-corrected chi connectivity index (χ3v) is 2.90. The highest BCUT2D eigenvalue weighted by Gasteiger charge is 2.16. The molecule has 0 aliphatic carbocycles. The Kier molecular flexibility index (Phi) is 5.65. The molecule has 15 heavy (non-hydrogen) atoms. The van der Waals surface area contributed by atoms with Gasteiger partial charge in [0, 0.05) is 13.0 Å². The topological polar surface area (TPSA) is 52.6 Å². The molecule has 1 aliphatic rings. The van der Waals surface area contributed by atoms with Crippen molar-refractivity contribution in [3.05, 3.63) is 0 Å². The van der Waals surface area contributed by atoms with E-state index in [1.165, 1.54) is 25.9 Å². The van der Waals surface area contributed by atoms with Crippen LogP contribution in [0, 0.1) is 5.92 Å². The second-order valence-electron chi connectivity index (χ2n) is 4.47. The molecule has 1 heterocycles. The molecule has 1 rings (SSSR count). The summed E-state index contributed by atoms with van der Waals surface area (Å²) >= 11 is 0. The number of nitrogens with zero attached hydrogens (tertiary/aromatic N) is 1. The molecule has 2 N–H and O–H groups in total. The molecule has 0 aromatic carbocycles. The average Bonchev–Trinajstić information content (AvgIpc) is 2.17. The number of aliphatic carboxylic acids is 1. The first-order valence-corrected chi connectivity index (χ1v) is 5.79. The summed E-state index contributed by atoms with van der Waals surface area (Å²) in [6.45, 7) is 4.25. The van der Waals surface area contributed by atoms with Crippen LogP contribution in [0.2, 0.25) is 0 Å². The lowest BCUT2D eigenvalue weighted by Crippen LogP contribution is -2.37. The summed E-state index contributed by atoms with van der Waals surface area (Å²) in [4.78, 5) is 12.6. The van der Waals surface area contributed by atoms with Crippen molar-refractivity contribution < 1.29 is 9.90 Å². The second-order valence-corrected chi connectivity index (χ2v) is 4.47. The molecule has 1 unspecified atom stereocenters. The minimum Gasteiger partial charge on any atom is -0.481 e. The van der Waals surface area contributed by atoms with Gasteiger partial charge in [-0.3, -0.25) is 4.79 Å². The van der Waals surface area contributed by atoms with Crippen molar-refractivity contribution in [2.45, 2.75) is 25.7 Å². The molecule has 1 atom stereocenters. The normalized spacial score (nSPS) is 22.9. The standard InChI is InChI=1S/C11H22N2O2/c1-13-7-3-4-10(9-13)8-12-6-2-5-11(14)15/h10,12H,2-9H2,1H3,(H,14,15). The quantitative estimate of drug-likeness (QED) is 0.642. The van der Waals surface area contributed by atoms with Gasteiger partial charge >= 0.3 is 5.97 Å². The third kappa shape index (κ3) is 5.74. The highest BCUT2D eigenvalue weighted by Crippen LogP contribution is 2.13. The first-order chi connectivity index (χ1) is 7.18. The molecular formula is C11H22N2O2. The minimum absolute atomic E-state index is 0.275. The fourth-order valence-corrected chi connectivity index (χ4v) is 2.11. The van der Waals surface area contributed by atoms with Gasteiger partial charge in [0.2, 0.25) is 0 Å². The Morgan fingerprint density at radius 3 is 3.07 bits per heavy atom. The van der Waals surface area contributed by atoms with E-state index in [9.17, 15) is 4.79 Å². The van der Waals surface area contributed by atoms with E-state index in [2.05, 4.69) is 17.3 Å². The van der Waals surface area contributed by atoms with Crippen molar-refractivity contribution in [3.8, 4) is 0 Å². The van der Waals surface area contributed by atoms with E-state index < -0.39 is 5.97 Å². The van der Waals surface area contributed by atoms with Crippen LogP contribution in [0.3, 0.4) is 0 Å². The molecule has 0 amide bonds. The van der Waals surface area contributed by atoms with Crippen LogP contribution >= 0.6 is 0 Å². The minimum atomic E-state index is -0.700. The Morgan fingerprint density at radius 1 is 1.60 bits per heavy atom. The smallest absolute Gasteiger partial charge is 0.303 e. The molecule has 4 heteroatoms. The Labute approximate surface area is 91.6 Å². The molecule has 0 aromatic rings. The van der Waals surface area contributed by atoms with Crippen molar-refractivity contribution in [3.63, 3.8) is 0 Å². The summed E-state index contributed by atoms with van der Waals surface area (Å²) in [7, 11) is 2.16. The van der Waals surface area contributed by atoms with Crippen LogP contribution in [0.25, 0.3) is 0 Å². The number of likely N-dealkylation sites (tertiary alicyclic amines) is 1. The number of carbonyl (C=O) groups is 1. The van der Waals surface area contributed by atoms with Crippen LogP contribution in [0.4, 0.5) is 0 Å². The maximum atomic E-state index is 10.3. The predicted molar refractivity (Wildman–Crippen MR) is 60.0 cm³/mol. The number of rotatable bonds is 6. The monoisotopic (exact) mass is 214 g/mol. The number of carboxylic acids is 1. The van der Waals surface area contributed by atoms with E-state index in [1.54, 1.807) is 0 Å². The molecule has 0 spiro atoms. The van der Waals surface area contributed by atoms with E-state index in [-0.39, 0.29) is 6.42 Å². The fraction of sp³-hybridized carbons (Fsp3) is 0.909. The lowest BCUT2D eigenvalue weighted by molar-refractivity contribution is -0.137. The number of hydrogen-bond acceptors (Lipinski definition) is 3. The summed E-state index contributed by atoms with van der Waals surface area (Å²) in [6, 6.07) is 0. The molecule has 4 nitrogen and oxygen atoms in total. The van der Waals surface area contributed by atoms with Crippen LogP contribution in [0.15, 0.2) is 0 Å². The van der Waals surface area contributed by atoms with E-state index in [4.69, 9.17) is 5.11 Å². The molecule has 88 valence electrons. The third-order valence-electron chi connectivity index (χ3n) is 2.90. The summed E-state index contributed by atoms with van der Waals surface area (Å²) in [5.41, 5.74) is 0. The molecule has 1 fully saturated rings. The lowest BCUT2D eigenvalue weighted by atomic mass is 9.98. The number of hydrogen-bond donors (Lipinski definition) is 2. The van der Waals surface area contributed by atoms with Crippen molar-refractivity contribution in [2.24, 2.45) is 5.92 Å². The Balaban J connectivity index is 1.97. The Hall–Kier alpha value is -0.610. The fourth-order valence-electron chi connectivity index (χ4n) is 2.11. The zero-order chi connectivity index (χ0) is 11.1. The predicted octanol–water partition coefficient (Wildman–Crippen LogP) is 0.783. The summed E-state index contributed by atoms with van der Waals surface area (Å²) < 4.78 is 0. The zero-order valence-corrected chi connectivity index (χ0v) is 9.54. The molecule has 0 bridgehead atoms. The van der Waals surface area contributed by atoms with Crippen LogP contribution in [-0.2, 0) is 4.79 Å². The van der Waals surface area contributed by atoms with Gasteiger partial charge in [0.05, 0.1) is 0 Å². The van der Waals surface area contributed by atoms with Crippen LogP contribution in [0.5, 0.6) is 0 Å². The van der Waals surface area contributed by atoms with E-state index in [1.807, 2.05) is 0 Å². The van der Waals surface area contributed by atoms with E-state index in [0.29, 0.717) is 0 Å². The average molecular weight is 214 g/mol. The van der Waals surface area contributed by atoms with Crippen LogP contribution in [-0.4, -0.2) is 49.2 Å². The molecule has 0 saturated carbocycles. The lowest BCUT2D eigenvalue weighted by Gasteiger charge is -2.29. The summed E-state index contributed by atoms with van der Waals surface area (Å²) in [5, 5.41) is 11.8. The van der Waals surface area contributed by atoms with Crippen molar-refractivity contribution in [1.82, 2.24) is 10.2 Å². The van der Waals surface area contributed by atoms with Gasteiger partial charge in [-0.25, -0.2) is 0 Å². The molecule has 1 aliphatic heterocycles. The van der Waals surface area contributed by atoms with Gasteiger partial charge in [0.1, 0.15) is 0 Å². The van der Waals surface area contributed by atoms with Crippen molar-refractivity contribution in [2.75, 3.05) is 33.2 Å². The molecule has 1 saturated heterocycles. The highest BCUT2D eigenvalue weighted by molar-refractivity contribution is 5.66. The second kappa shape index (κ2) is 6.80. The zero-order valence-electron chi connectivity index (χ0n) is 9.54. The van der Waals surface area contributed by atoms with Gasteiger partial charge in [-0.2, -0.15) is 0 Å². The Morgan fingerprint density at radius 2 is 2.40 bits per heavy atom. The maximum absolute atomic E-state index is 10.3. The van der Waals surface area contributed by atoms with Gasteiger partial charge < -0.3 is 15.3 Å². The van der Waals surface area contributed by atoms with Crippen LogP contribution in [0.1, 0.15) is 25.7 Å². The van der Waals surface area contributed by atoms with Crippen molar-refractivity contribution in [1.29, 1.82) is 0 Å². The highest BCUT2D eigenvalue weighted by atomic mass is 16.4. The summed E-state index contributed by atoms with van der Waals surface area (Å²) in [5.74, 6) is 0.0442. The van der Waals surface area contributed by atoms with E-state index >= 15 is 0 Å².